The summed E-state index contributed by atoms with van der Waals surface area (Å²) < 4.78 is 1.85. The Bertz CT molecular complexity index is 1200. The molecular formula is C23H20N4O. The molecule has 2 heterocycles. The standard InChI is InChI=1S/C23H20N4O/c28-21-13-11-18-15-24-23(25-19-8-2-1-3-9-19)26-22(18)27(21)20-12-10-16-6-4-5-7-17(16)14-20/h1-9,11,13,15,20H,10,12,14H2,(H,24,25,26). The van der Waals surface area contributed by atoms with Crippen LogP contribution in [0.15, 0.2) is 77.7 Å². The van der Waals surface area contributed by atoms with Crippen molar-refractivity contribution in [3.05, 3.63) is 94.4 Å². The highest BCUT2D eigenvalue weighted by Crippen LogP contribution is 2.29. The summed E-state index contributed by atoms with van der Waals surface area (Å²) in [6.45, 7) is 0. The summed E-state index contributed by atoms with van der Waals surface area (Å²) in [5.41, 5.74) is 4.29. The SMILES string of the molecule is O=c1ccc2cnc(Nc3ccccc3)nc2n1C1CCc2ccccc2C1. The molecule has 5 heteroatoms. The van der Waals surface area contributed by atoms with Crippen molar-refractivity contribution in [2.75, 3.05) is 5.32 Å². The minimum atomic E-state index is -0.0127. The second-order valence-electron chi connectivity index (χ2n) is 7.17. The molecule has 0 saturated carbocycles. The van der Waals surface area contributed by atoms with Crippen LogP contribution in [0.1, 0.15) is 23.6 Å². The van der Waals surface area contributed by atoms with Crippen molar-refractivity contribution in [1.82, 2.24) is 14.5 Å². The molecule has 0 aliphatic heterocycles. The molecule has 0 bridgehead atoms. The van der Waals surface area contributed by atoms with Gasteiger partial charge in [-0.2, -0.15) is 4.98 Å². The van der Waals surface area contributed by atoms with E-state index in [-0.39, 0.29) is 11.6 Å². The summed E-state index contributed by atoms with van der Waals surface area (Å²) in [6.07, 6.45) is 4.53. The lowest BCUT2D eigenvalue weighted by Crippen LogP contribution is -2.29. The summed E-state index contributed by atoms with van der Waals surface area (Å²) in [7, 11) is 0. The Labute approximate surface area is 162 Å². The lowest BCUT2D eigenvalue weighted by molar-refractivity contribution is 0.441. The van der Waals surface area contributed by atoms with Gasteiger partial charge in [-0.25, -0.2) is 4.98 Å². The van der Waals surface area contributed by atoms with Gasteiger partial charge >= 0.3 is 0 Å². The quantitative estimate of drug-likeness (QED) is 0.587. The maximum absolute atomic E-state index is 12.8. The molecule has 2 aromatic carbocycles. The lowest BCUT2D eigenvalue weighted by atomic mass is 9.88. The molecule has 1 unspecified atom stereocenters. The molecule has 138 valence electrons. The zero-order chi connectivity index (χ0) is 18.9. The van der Waals surface area contributed by atoms with E-state index in [9.17, 15) is 4.79 Å². The molecule has 0 fully saturated rings. The molecule has 1 aliphatic carbocycles. The number of aromatic nitrogens is 3. The van der Waals surface area contributed by atoms with E-state index in [1.807, 2.05) is 34.9 Å². The Morgan fingerprint density at radius 2 is 1.71 bits per heavy atom. The summed E-state index contributed by atoms with van der Waals surface area (Å²) in [5, 5.41) is 4.10. The van der Waals surface area contributed by atoms with Gasteiger partial charge in [-0.3, -0.25) is 9.36 Å². The second kappa shape index (κ2) is 6.93. The van der Waals surface area contributed by atoms with Gasteiger partial charge in [0.1, 0.15) is 5.65 Å². The number of aryl methyl sites for hydroxylation is 1. The number of pyridine rings is 1. The predicted octanol–water partition coefficient (Wildman–Crippen LogP) is 4.27. The molecule has 1 aliphatic rings. The van der Waals surface area contributed by atoms with Crippen molar-refractivity contribution >= 4 is 22.7 Å². The van der Waals surface area contributed by atoms with Crippen LogP contribution in [0, 0.1) is 0 Å². The largest absolute Gasteiger partial charge is 0.324 e. The number of benzene rings is 2. The van der Waals surface area contributed by atoms with Gasteiger partial charge in [0.25, 0.3) is 5.56 Å². The number of hydrogen-bond acceptors (Lipinski definition) is 4. The summed E-state index contributed by atoms with van der Waals surface area (Å²) in [5.74, 6) is 0.495. The third-order valence-electron chi connectivity index (χ3n) is 5.38. The maximum Gasteiger partial charge on any atom is 0.252 e. The van der Waals surface area contributed by atoms with Crippen LogP contribution in [0.25, 0.3) is 11.0 Å². The first-order chi connectivity index (χ1) is 13.8. The Hall–Kier alpha value is -3.47. The van der Waals surface area contributed by atoms with Gasteiger partial charge in [0.05, 0.1) is 0 Å². The molecule has 5 rings (SSSR count). The summed E-state index contributed by atoms with van der Waals surface area (Å²) >= 11 is 0. The Kier molecular flexibility index (Phi) is 4.13. The second-order valence-corrected chi connectivity index (χ2v) is 7.17. The number of nitrogens with one attached hydrogen (secondary N) is 1. The highest BCUT2D eigenvalue weighted by molar-refractivity contribution is 5.75. The molecule has 2 aromatic heterocycles. The molecule has 28 heavy (non-hydrogen) atoms. The van der Waals surface area contributed by atoms with E-state index in [1.54, 1.807) is 18.3 Å². The van der Waals surface area contributed by atoms with Crippen LogP contribution in [0.4, 0.5) is 11.6 Å². The van der Waals surface area contributed by atoms with Crippen LogP contribution in [-0.4, -0.2) is 14.5 Å². The third-order valence-corrected chi connectivity index (χ3v) is 5.38. The van der Waals surface area contributed by atoms with Crippen molar-refractivity contribution in [3.8, 4) is 0 Å². The van der Waals surface area contributed by atoms with Gasteiger partial charge in [-0.05, 0) is 48.6 Å². The molecule has 0 radical (unpaired) electrons. The number of anilines is 2. The van der Waals surface area contributed by atoms with Crippen molar-refractivity contribution in [2.24, 2.45) is 0 Å². The molecular weight excluding hydrogens is 348 g/mol. The fraction of sp³-hybridized carbons (Fsp3) is 0.174. The first kappa shape index (κ1) is 16.7. The van der Waals surface area contributed by atoms with Gasteiger partial charge < -0.3 is 5.32 Å². The van der Waals surface area contributed by atoms with E-state index < -0.39 is 0 Å². The maximum atomic E-state index is 12.8. The van der Waals surface area contributed by atoms with E-state index in [0.717, 1.165) is 30.3 Å². The molecule has 1 N–H and O–H groups in total. The summed E-state index contributed by atoms with van der Waals surface area (Å²) in [4.78, 5) is 21.9. The number of nitrogens with zero attached hydrogens (tertiary/aromatic N) is 3. The Morgan fingerprint density at radius 1 is 0.929 bits per heavy atom. The lowest BCUT2D eigenvalue weighted by Gasteiger charge is -2.27. The van der Waals surface area contributed by atoms with Crippen LogP contribution < -0.4 is 10.9 Å². The highest BCUT2D eigenvalue weighted by atomic mass is 16.1. The molecule has 0 amide bonds. The molecule has 5 nitrogen and oxygen atoms in total. The van der Waals surface area contributed by atoms with E-state index >= 15 is 0 Å². The first-order valence-corrected chi connectivity index (χ1v) is 9.55. The van der Waals surface area contributed by atoms with E-state index in [0.29, 0.717) is 11.6 Å². The van der Waals surface area contributed by atoms with Crippen LogP contribution in [-0.2, 0) is 12.8 Å². The topological polar surface area (TPSA) is 59.8 Å². The zero-order valence-electron chi connectivity index (χ0n) is 15.4. The van der Waals surface area contributed by atoms with Gasteiger partial charge in [0.15, 0.2) is 0 Å². The zero-order valence-corrected chi connectivity index (χ0v) is 15.4. The average Bonchev–Trinajstić information content (AvgIpc) is 2.74. The molecule has 1 atom stereocenters. The van der Waals surface area contributed by atoms with Gasteiger partial charge in [-0.1, -0.05) is 42.5 Å². The van der Waals surface area contributed by atoms with Crippen LogP contribution >= 0.6 is 0 Å². The van der Waals surface area contributed by atoms with E-state index in [4.69, 9.17) is 4.98 Å². The third kappa shape index (κ3) is 3.05. The van der Waals surface area contributed by atoms with Gasteiger partial charge in [0, 0.05) is 29.4 Å². The minimum absolute atomic E-state index is 0.0127. The summed E-state index contributed by atoms with van der Waals surface area (Å²) in [6, 6.07) is 21.8. The fourth-order valence-electron chi connectivity index (χ4n) is 4.00. The minimum Gasteiger partial charge on any atom is -0.324 e. The highest BCUT2D eigenvalue weighted by Gasteiger charge is 2.22. The smallest absolute Gasteiger partial charge is 0.252 e. The van der Waals surface area contributed by atoms with Crippen molar-refractivity contribution in [3.63, 3.8) is 0 Å². The van der Waals surface area contributed by atoms with Gasteiger partial charge in [0.2, 0.25) is 5.95 Å². The van der Waals surface area contributed by atoms with Crippen LogP contribution in [0.3, 0.4) is 0 Å². The molecule has 0 saturated heterocycles. The fourth-order valence-corrected chi connectivity index (χ4v) is 4.00. The first-order valence-electron chi connectivity index (χ1n) is 9.55. The molecule has 0 spiro atoms. The van der Waals surface area contributed by atoms with Crippen LogP contribution in [0.2, 0.25) is 0 Å². The van der Waals surface area contributed by atoms with Crippen molar-refractivity contribution in [2.45, 2.75) is 25.3 Å². The van der Waals surface area contributed by atoms with E-state index in [1.165, 1.54) is 11.1 Å². The Balaban J connectivity index is 1.57. The van der Waals surface area contributed by atoms with Crippen LogP contribution in [0.5, 0.6) is 0 Å². The van der Waals surface area contributed by atoms with Crippen molar-refractivity contribution in [1.29, 1.82) is 0 Å². The number of fused-ring (bicyclic) bond motifs is 2. The van der Waals surface area contributed by atoms with Gasteiger partial charge in [-0.15, -0.1) is 0 Å². The predicted molar refractivity (Wildman–Crippen MR) is 111 cm³/mol. The Morgan fingerprint density at radius 3 is 2.57 bits per heavy atom. The number of rotatable bonds is 3. The van der Waals surface area contributed by atoms with E-state index in [2.05, 4.69) is 34.6 Å². The van der Waals surface area contributed by atoms with Crippen molar-refractivity contribution < 1.29 is 0 Å². The monoisotopic (exact) mass is 368 g/mol. The normalized spacial score (nSPS) is 15.9. The number of hydrogen-bond donors (Lipinski definition) is 1. The average molecular weight is 368 g/mol. The number of para-hydroxylation sites is 1. The molecule has 4 aromatic rings.